The van der Waals surface area contributed by atoms with Gasteiger partial charge < -0.3 is 5.32 Å². The SMILES string of the molecule is Cc1cccc(CCC(=O)N[C@@H](Cc2ccc(NS(=O)(=O)O)cc2)c2csc(-c3cccs3)n2)c1. The minimum atomic E-state index is -4.34. The van der Waals surface area contributed by atoms with Crippen molar-refractivity contribution < 1.29 is 17.8 Å². The van der Waals surface area contributed by atoms with Gasteiger partial charge in [-0.2, -0.15) is 8.42 Å². The summed E-state index contributed by atoms with van der Waals surface area (Å²) in [6, 6.07) is 18.4. The molecule has 0 saturated heterocycles. The number of rotatable bonds is 10. The highest BCUT2D eigenvalue weighted by atomic mass is 32.2. The maximum atomic E-state index is 12.9. The number of aryl methyl sites for hydroxylation is 2. The second-order valence-electron chi connectivity index (χ2n) is 8.14. The van der Waals surface area contributed by atoms with Gasteiger partial charge in [0, 0.05) is 11.8 Å². The third kappa shape index (κ3) is 7.46. The Bertz CT molecular complexity index is 1380. The van der Waals surface area contributed by atoms with Gasteiger partial charge >= 0.3 is 10.3 Å². The third-order valence-corrected chi connectivity index (χ3v) is 7.70. The molecule has 10 heteroatoms. The van der Waals surface area contributed by atoms with Crippen molar-refractivity contribution in [1.82, 2.24) is 10.3 Å². The van der Waals surface area contributed by atoms with Crippen LogP contribution in [0.1, 0.15) is 34.8 Å². The molecule has 0 radical (unpaired) electrons. The summed E-state index contributed by atoms with van der Waals surface area (Å²) in [6.45, 7) is 2.03. The predicted molar refractivity (Wildman–Crippen MR) is 141 cm³/mol. The topological polar surface area (TPSA) is 108 Å². The highest BCUT2D eigenvalue weighted by Crippen LogP contribution is 2.31. The van der Waals surface area contributed by atoms with Crippen LogP contribution in [0.15, 0.2) is 71.4 Å². The summed E-state index contributed by atoms with van der Waals surface area (Å²) in [7, 11) is -4.34. The largest absolute Gasteiger partial charge is 0.357 e. The number of carbonyl (C=O) groups excluding carboxylic acids is 1. The van der Waals surface area contributed by atoms with Gasteiger partial charge in [-0.25, -0.2) is 4.98 Å². The number of thiophene rings is 1. The van der Waals surface area contributed by atoms with Crippen molar-refractivity contribution >= 4 is 44.6 Å². The fourth-order valence-electron chi connectivity index (χ4n) is 3.67. The standard InChI is InChI=1S/C25H25N3O4S3/c1-17-4-2-5-18(14-17)9-12-24(29)26-21(22-16-34-25(27-22)23-6-3-13-33-23)15-19-7-10-20(11-8-19)28-35(30,31)32/h2-8,10-11,13-14,16,21,28H,9,12,15H2,1H3,(H,26,29)(H,30,31,32)/t21-/m0/s1. The quantitative estimate of drug-likeness (QED) is 0.238. The summed E-state index contributed by atoms with van der Waals surface area (Å²) in [5, 5.41) is 8.01. The van der Waals surface area contributed by atoms with E-state index in [1.54, 1.807) is 35.6 Å². The highest BCUT2D eigenvalue weighted by Gasteiger charge is 2.19. The first-order valence-electron chi connectivity index (χ1n) is 10.9. The van der Waals surface area contributed by atoms with Gasteiger partial charge in [0.05, 0.1) is 22.3 Å². The lowest BCUT2D eigenvalue weighted by atomic mass is 10.0. The number of anilines is 1. The Kier molecular flexibility index (Phi) is 7.97. The second kappa shape index (κ2) is 11.1. The molecule has 2 heterocycles. The summed E-state index contributed by atoms with van der Waals surface area (Å²) >= 11 is 3.15. The first kappa shape index (κ1) is 25.1. The molecule has 1 atom stereocenters. The van der Waals surface area contributed by atoms with Crippen LogP contribution in [-0.4, -0.2) is 23.9 Å². The molecule has 0 saturated carbocycles. The van der Waals surface area contributed by atoms with Gasteiger partial charge in [0.1, 0.15) is 5.01 Å². The lowest BCUT2D eigenvalue weighted by molar-refractivity contribution is -0.121. The number of hydrogen-bond acceptors (Lipinski definition) is 6. The minimum Gasteiger partial charge on any atom is -0.347 e. The fraction of sp³-hybridized carbons (Fsp3) is 0.200. The highest BCUT2D eigenvalue weighted by molar-refractivity contribution is 7.87. The first-order valence-corrected chi connectivity index (χ1v) is 14.1. The van der Waals surface area contributed by atoms with E-state index in [9.17, 15) is 13.2 Å². The van der Waals surface area contributed by atoms with Crippen molar-refractivity contribution in [2.24, 2.45) is 0 Å². The maximum Gasteiger partial charge on any atom is 0.357 e. The van der Waals surface area contributed by atoms with Gasteiger partial charge in [-0.15, -0.1) is 22.7 Å². The van der Waals surface area contributed by atoms with E-state index in [0.29, 0.717) is 19.3 Å². The monoisotopic (exact) mass is 527 g/mol. The van der Waals surface area contributed by atoms with E-state index in [2.05, 4.69) is 11.4 Å². The van der Waals surface area contributed by atoms with Crippen LogP contribution in [0.4, 0.5) is 5.69 Å². The van der Waals surface area contributed by atoms with Crippen LogP contribution in [0.25, 0.3) is 9.88 Å². The molecule has 182 valence electrons. The maximum absolute atomic E-state index is 12.9. The Morgan fingerprint density at radius 3 is 2.54 bits per heavy atom. The molecule has 0 fully saturated rings. The number of nitrogens with zero attached hydrogens (tertiary/aromatic N) is 1. The molecule has 4 aromatic rings. The van der Waals surface area contributed by atoms with E-state index in [4.69, 9.17) is 9.54 Å². The van der Waals surface area contributed by atoms with E-state index >= 15 is 0 Å². The zero-order valence-corrected chi connectivity index (χ0v) is 21.4. The van der Waals surface area contributed by atoms with Crippen molar-refractivity contribution in [3.8, 4) is 9.88 Å². The number of thiazole rings is 1. The van der Waals surface area contributed by atoms with E-state index in [0.717, 1.165) is 32.3 Å². The molecule has 0 aliphatic carbocycles. The lowest BCUT2D eigenvalue weighted by Crippen LogP contribution is -2.30. The molecule has 2 aromatic heterocycles. The van der Waals surface area contributed by atoms with Crippen molar-refractivity contribution in [2.45, 2.75) is 32.2 Å². The number of aromatic nitrogens is 1. The lowest BCUT2D eigenvalue weighted by Gasteiger charge is -2.18. The van der Waals surface area contributed by atoms with Gasteiger partial charge in [0.2, 0.25) is 5.91 Å². The average molecular weight is 528 g/mol. The average Bonchev–Trinajstić information content (AvgIpc) is 3.50. The summed E-state index contributed by atoms with van der Waals surface area (Å²) in [4.78, 5) is 18.7. The van der Waals surface area contributed by atoms with Crippen molar-refractivity contribution in [2.75, 3.05) is 4.72 Å². The molecule has 0 bridgehead atoms. The summed E-state index contributed by atoms with van der Waals surface area (Å²) in [5.41, 5.74) is 4.20. The van der Waals surface area contributed by atoms with E-state index in [-0.39, 0.29) is 17.6 Å². The van der Waals surface area contributed by atoms with Gasteiger partial charge in [-0.3, -0.25) is 14.1 Å². The van der Waals surface area contributed by atoms with Crippen LogP contribution in [0.3, 0.4) is 0 Å². The number of amides is 1. The van der Waals surface area contributed by atoms with E-state index in [1.807, 2.05) is 52.7 Å². The Labute approximate surface area is 212 Å². The summed E-state index contributed by atoms with van der Waals surface area (Å²) < 4.78 is 33.1. The second-order valence-corrected chi connectivity index (χ2v) is 11.1. The van der Waals surface area contributed by atoms with Gasteiger partial charge in [-0.1, -0.05) is 48.0 Å². The van der Waals surface area contributed by atoms with Crippen LogP contribution in [0, 0.1) is 6.92 Å². The number of benzene rings is 2. The molecule has 2 aromatic carbocycles. The molecule has 7 nitrogen and oxygen atoms in total. The van der Waals surface area contributed by atoms with Crippen LogP contribution in [-0.2, 0) is 27.9 Å². The van der Waals surface area contributed by atoms with Crippen LogP contribution in [0.2, 0.25) is 0 Å². The molecule has 35 heavy (non-hydrogen) atoms. The Balaban J connectivity index is 1.49. The van der Waals surface area contributed by atoms with Crippen LogP contribution < -0.4 is 10.0 Å². The van der Waals surface area contributed by atoms with Crippen molar-refractivity contribution in [3.05, 3.63) is 93.8 Å². The Morgan fingerprint density at radius 1 is 1.06 bits per heavy atom. The van der Waals surface area contributed by atoms with Gasteiger partial charge in [-0.05, 0) is 54.5 Å². The van der Waals surface area contributed by atoms with Crippen molar-refractivity contribution in [3.63, 3.8) is 0 Å². The minimum absolute atomic E-state index is 0.0631. The van der Waals surface area contributed by atoms with Crippen molar-refractivity contribution in [1.29, 1.82) is 0 Å². The third-order valence-electron chi connectivity index (χ3n) is 5.31. The normalized spacial score (nSPS) is 12.3. The van der Waals surface area contributed by atoms with E-state index < -0.39 is 10.3 Å². The summed E-state index contributed by atoms with van der Waals surface area (Å²) in [6.07, 6.45) is 1.49. The molecule has 0 spiro atoms. The Morgan fingerprint density at radius 2 is 1.86 bits per heavy atom. The van der Waals surface area contributed by atoms with Crippen LogP contribution >= 0.6 is 22.7 Å². The number of hydrogen-bond donors (Lipinski definition) is 3. The Hall–Kier alpha value is -3.05. The predicted octanol–water partition coefficient (Wildman–Crippen LogP) is 5.43. The zero-order chi connectivity index (χ0) is 24.8. The molecule has 0 aliphatic rings. The molecule has 0 aliphatic heterocycles. The zero-order valence-electron chi connectivity index (χ0n) is 19.0. The smallest absolute Gasteiger partial charge is 0.347 e. The number of nitrogens with one attached hydrogen (secondary N) is 2. The molecule has 3 N–H and O–H groups in total. The molecule has 1 amide bonds. The fourth-order valence-corrected chi connectivity index (χ4v) is 5.80. The first-order chi connectivity index (χ1) is 16.7. The molecular weight excluding hydrogens is 502 g/mol. The molecule has 0 unspecified atom stereocenters. The summed E-state index contributed by atoms with van der Waals surface area (Å²) in [5.74, 6) is -0.0631. The molecular formula is C25H25N3O4S3. The van der Waals surface area contributed by atoms with Gasteiger partial charge in [0.25, 0.3) is 0 Å². The van der Waals surface area contributed by atoms with Crippen LogP contribution in [0.5, 0.6) is 0 Å². The van der Waals surface area contributed by atoms with Gasteiger partial charge in [0.15, 0.2) is 0 Å². The molecule has 4 rings (SSSR count). The van der Waals surface area contributed by atoms with E-state index in [1.165, 1.54) is 11.3 Å². The number of carbonyl (C=O) groups is 1.